The lowest BCUT2D eigenvalue weighted by Crippen LogP contribution is -1.68. The molecule has 0 aliphatic rings. The van der Waals surface area contributed by atoms with Crippen molar-refractivity contribution in [2.24, 2.45) is 4.99 Å². The van der Waals surface area contributed by atoms with Crippen LogP contribution in [0.4, 0.5) is 8.78 Å². The van der Waals surface area contributed by atoms with Gasteiger partial charge < -0.3 is 0 Å². The van der Waals surface area contributed by atoms with E-state index in [4.69, 9.17) is 0 Å². The van der Waals surface area contributed by atoms with Gasteiger partial charge in [-0.2, -0.15) is 4.39 Å². The minimum absolute atomic E-state index is 0.726. The zero-order chi connectivity index (χ0) is 6.57. The van der Waals surface area contributed by atoms with E-state index in [-0.39, 0.29) is 0 Å². The highest BCUT2D eigenvalue weighted by Crippen LogP contribution is 2.07. The maximum atomic E-state index is 11.8. The summed E-state index contributed by atoms with van der Waals surface area (Å²) in [5.74, 6) is -2.31. The number of hydrogen-bond donors (Lipinski definition) is 0. The Labute approximate surface area is 46.0 Å². The molecule has 0 rings (SSSR count). The molecule has 0 heterocycles. The van der Waals surface area contributed by atoms with Crippen LogP contribution in [0.3, 0.4) is 0 Å². The van der Waals surface area contributed by atoms with Gasteiger partial charge in [0, 0.05) is 0 Å². The second kappa shape index (κ2) is 3.07. The minimum atomic E-state index is -1.22. The lowest BCUT2D eigenvalue weighted by atomic mass is 10.5. The van der Waals surface area contributed by atoms with Crippen molar-refractivity contribution in [3.63, 3.8) is 0 Å². The van der Waals surface area contributed by atoms with E-state index in [0.29, 0.717) is 0 Å². The molecule has 0 spiro atoms. The number of allylic oxidation sites excluding steroid dienone is 2. The van der Waals surface area contributed by atoms with Crippen molar-refractivity contribution in [1.29, 1.82) is 0 Å². The van der Waals surface area contributed by atoms with Gasteiger partial charge in [-0.15, -0.1) is 0 Å². The standard InChI is InChI=1S/C5H5F2N/c1-3-4(6)5(7)8-2/h3H,1-2H2/b5-4+. The molecular formula is C5H5F2N. The van der Waals surface area contributed by atoms with Crippen LogP contribution >= 0.6 is 0 Å². The van der Waals surface area contributed by atoms with Gasteiger partial charge in [0.05, 0.1) is 0 Å². The maximum absolute atomic E-state index is 11.8. The van der Waals surface area contributed by atoms with Crippen LogP contribution in [-0.4, -0.2) is 6.72 Å². The van der Waals surface area contributed by atoms with E-state index >= 15 is 0 Å². The lowest BCUT2D eigenvalue weighted by Gasteiger charge is -1.82. The number of hydrogen-bond acceptors (Lipinski definition) is 1. The van der Waals surface area contributed by atoms with E-state index in [0.717, 1.165) is 6.08 Å². The first-order valence-electron chi connectivity index (χ1n) is 1.86. The smallest absolute Gasteiger partial charge is 0.234 e. The van der Waals surface area contributed by atoms with Crippen LogP contribution in [0.1, 0.15) is 0 Å². The second-order valence-electron chi connectivity index (χ2n) is 1.00. The van der Waals surface area contributed by atoms with Gasteiger partial charge in [-0.1, -0.05) is 6.58 Å². The molecule has 0 saturated heterocycles. The van der Waals surface area contributed by atoms with E-state index < -0.39 is 11.8 Å². The first-order chi connectivity index (χ1) is 3.72. The molecule has 3 heteroatoms. The molecule has 0 aromatic carbocycles. The SMILES string of the molecule is C=C/C(F)=C(/F)N=C. The van der Waals surface area contributed by atoms with E-state index in [1.807, 2.05) is 0 Å². The average Bonchev–Trinajstić information content (AvgIpc) is 1.84. The van der Waals surface area contributed by atoms with Crippen molar-refractivity contribution in [1.82, 2.24) is 0 Å². The minimum Gasteiger partial charge on any atom is -0.234 e. The summed E-state index contributed by atoms with van der Waals surface area (Å²) >= 11 is 0. The van der Waals surface area contributed by atoms with Crippen LogP contribution in [-0.2, 0) is 0 Å². The Hall–Kier alpha value is -0.990. The highest BCUT2D eigenvalue weighted by atomic mass is 19.2. The fourth-order valence-corrected chi connectivity index (χ4v) is 0.160. The van der Waals surface area contributed by atoms with Gasteiger partial charge in [-0.05, 0) is 12.8 Å². The third-order valence-corrected chi connectivity index (χ3v) is 0.515. The Balaban J connectivity index is 4.25. The average molecular weight is 117 g/mol. The van der Waals surface area contributed by atoms with Gasteiger partial charge in [0.15, 0.2) is 5.83 Å². The summed E-state index contributed by atoms with van der Waals surface area (Å²) in [7, 11) is 0. The number of halogens is 2. The van der Waals surface area contributed by atoms with Crippen molar-refractivity contribution in [2.75, 3.05) is 0 Å². The van der Waals surface area contributed by atoms with Crippen LogP contribution in [0.5, 0.6) is 0 Å². The second-order valence-corrected chi connectivity index (χ2v) is 1.00. The van der Waals surface area contributed by atoms with E-state index in [1.54, 1.807) is 0 Å². The van der Waals surface area contributed by atoms with E-state index in [9.17, 15) is 8.78 Å². The number of nitrogens with zero attached hydrogens (tertiary/aromatic N) is 1. The number of rotatable bonds is 2. The fourth-order valence-electron chi connectivity index (χ4n) is 0.160. The molecule has 0 amide bonds. The van der Waals surface area contributed by atoms with Crippen molar-refractivity contribution >= 4 is 6.72 Å². The van der Waals surface area contributed by atoms with Crippen molar-refractivity contribution in [2.45, 2.75) is 0 Å². The molecule has 0 saturated carbocycles. The highest BCUT2D eigenvalue weighted by Gasteiger charge is 1.94. The molecule has 0 aliphatic carbocycles. The summed E-state index contributed by atoms with van der Waals surface area (Å²) in [5.41, 5.74) is 0. The summed E-state index contributed by atoms with van der Waals surface area (Å²) in [6.07, 6.45) is 0.726. The number of aliphatic imine (C=N–C) groups is 1. The molecule has 0 aromatic heterocycles. The van der Waals surface area contributed by atoms with Crippen LogP contribution in [0.2, 0.25) is 0 Å². The molecule has 8 heavy (non-hydrogen) atoms. The van der Waals surface area contributed by atoms with Gasteiger partial charge in [-0.3, -0.25) is 0 Å². The normalized spacial score (nSPS) is 12.2. The van der Waals surface area contributed by atoms with Crippen LogP contribution in [0.15, 0.2) is 29.4 Å². The highest BCUT2D eigenvalue weighted by molar-refractivity contribution is 5.29. The zero-order valence-electron chi connectivity index (χ0n) is 4.19. The molecule has 0 unspecified atom stereocenters. The molecule has 0 radical (unpaired) electrons. The van der Waals surface area contributed by atoms with Gasteiger partial charge in [0.25, 0.3) is 0 Å². The van der Waals surface area contributed by atoms with Crippen LogP contribution < -0.4 is 0 Å². The Morgan fingerprint density at radius 3 is 2.12 bits per heavy atom. The summed E-state index contributed by atoms with van der Waals surface area (Å²) in [4.78, 5) is 2.68. The molecule has 0 aliphatic heterocycles. The van der Waals surface area contributed by atoms with Crippen molar-refractivity contribution < 1.29 is 8.78 Å². The molecule has 0 atom stereocenters. The van der Waals surface area contributed by atoms with Crippen molar-refractivity contribution in [3.8, 4) is 0 Å². The largest absolute Gasteiger partial charge is 0.248 e. The third kappa shape index (κ3) is 1.64. The Morgan fingerprint density at radius 1 is 1.50 bits per heavy atom. The predicted octanol–water partition coefficient (Wildman–Crippen LogP) is 1.98. The first kappa shape index (κ1) is 7.01. The molecule has 0 bridgehead atoms. The van der Waals surface area contributed by atoms with Gasteiger partial charge >= 0.3 is 0 Å². The molecule has 0 fully saturated rings. The van der Waals surface area contributed by atoms with E-state index in [1.165, 1.54) is 0 Å². The molecule has 44 valence electrons. The van der Waals surface area contributed by atoms with E-state index in [2.05, 4.69) is 18.3 Å². The van der Waals surface area contributed by atoms with Crippen LogP contribution in [0.25, 0.3) is 0 Å². The summed E-state index contributed by atoms with van der Waals surface area (Å²) in [5, 5.41) is 0. The summed E-state index contributed by atoms with van der Waals surface area (Å²) < 4.78 is 23.5. The Morgan fingerprint density at radius 2 is 2.00 bits per heavy atom. The van der Waals surface area contributed by atoms with Gasteiger partial charge in [0.2, 0.25) is 5.95 Å². The summed E-state index contributed by atoms with van der Waals surface area (Å²) in [6, 6.07) is 0. The Kier molecular flexibility index (Phi) is 2.69. The molecular weight excluding hydrogens is 112 g/mol. The fraction of sp³-hybridized carbons (Fsp3) is 0. The first-order valence-corrected chi connectivity index (χ1v) is 1.86. The maximum Gasteiger partial charge on any atom is 0.248 e. The Bertz CT molecular complexity index is 121. The van der Waals surface area contributed by atoms with Gasteiger partial charge in [0.1, 0.15) is 0 Å². The molecule has 1 nitrogen and oxygen atoms in total. The van der Waals surface area contributed by atoms with Crippen molar-refractivity contribution in [3.05, 3.63) is 24.4 Å². The van der Waals surface area contributed by atoms with Crippen LogP contribution in [0, 0.1) is 0 Å². The lowest BCUT2D eigenvalue weighted by molar-refractivity contribution is 0.549. The molecule has 0 aromatic rings. The predicted molar refractivity (Wildman–Crippen MR) is 29.0 cm³/mol. The zero-order valence-corrected chi connectivity index (χ0v) is 4.19. The summed E-state index contributed by atoms with van der Waals surface area (Å²) in [6.45, 7) is 5.73. The monoisotopic (exact) mass is 117 g/mol. The quantitative estimate of drug-likeness (QED) is 0.298. The topological polar surface area (TPSA) is 12.4 Å². The molecule has 0 N–H and O–H groups in total. The van der Waals surface area contributed by atoms with Gasteiger partial charge in [-0.25, -0.2) is 9.38 Å². The third-order valence-electron chi connectivity index (χ3n) is 0.515.